The maximum absolute atomic E-state index is 12.1. The van der Waals surface area contributed by atoms with E-state index in [0.29, 0.717) is 16.8 Å². The smallest absolute Gasteiger partial charge is 0.406 e. The van der Waals surface area contributed by atoms with Crippen LogP contribution in [0.3, 0.4) is 0 Å². The van der Waals surface area contributed by atoms with E-state index in [1.807, 2.05) is 0 Å². The molecule has 0 spiro atoms. The lowest BCUT2D eigenvalue weighted by Crippen LogP contribution is -2.19. The zero-order valence-corrected chi connectivity index (χ0v) is 13.2. The molecule has 0 saturated carbocycles. The van der Waals surface area contributed by atoms with E-state index in [1.165, 1.54) is 25.2 Å². The molecule has 0 saturated heterocycles. The van der Waals surface area contributed by atoms with E-state index in [2.05, 4.69) is 15.4 Å². The van der Waals surface area contributed by atoms with Crippen LogP contribution in [-0.2, 0) is 11.2 Å². The molecule has 2 rings (SSSR count). The molecule has 0 unspecified atom stereocenters. The molecular formula is C17H15F3N2O3. The second-order valence-corrected chi connectivity index (χ2v) is 5.08. The highest BCUT2D eigenvalue weighted by molar-refractivity contribution is 5.97. The van der Waals surface area contributed by atoms with Gasteiger partial charge in [-0.05, 0) is 35.9 Å². The third kappa shape index (κ3) is 5.83. The fourth-order valence-corrected chi connectivity index (χ4v) is 2.08. The number of rotatable bonds is 5. The third-order valence-electron chi connectivity index (χ3n) is 3.16. The van der Waals surface area contributed by atoms with E-state index >= 15 is 0 Å². The van der Waals surface area contributed by atoms with Crippen molar-refractivity contribution in [2.45, 2.75) is 12.8 Å². The first kappa shape index (κ1) is 18.3. The van der Waals surface area contributed by atoms with Gasteiger partial charge < -0.3 is 15.4 Å². The Labute approximate surface area is 141 Å². The Morgan fingerprint density at radius 2 is 1.76 bits per heavy atom. The molecule has 2 N–H and O–H groups in total. The second-order valence-electron chi connectivity index (χ2n) is 5.08. The van der Waals surface area contributed by atoms with Crippen LogP contribution in [0.5, 0.6) is 5.75 Å². The van der Waals surface area contributed by atoms with Gasteiger partial charge in [0.2, 0.25) is 5.91 Å². The van der Waals surface area contributed by atoms with E-state index in [-0.39, 0.29) is 24.0 Å². The van der Waals surface area contributed by atoms with Crippen LogP contribution in [0.2, 0.25) is 0 Å². The molecule has 0 fully saturated rings. The second kappa shape index (κ2) is 7.69. The number of hydrogen-bond donors (Lipinski definition) is 2. The molecule has 25 heavy (non-hydrogen) atoms. The number of carbonyl (C=O) groups is 2. The van der Waals surface area contributed by atoms with Crippen molar-refractivity contribution in [3.05, 3.63) is 59.7 Å². The largest absolute Gasteiger partial charge is 0.573 e. The monoisotopic (exact) mass is 352 g/mol. The summed E-state index contributed by atoms with van der Waals surface area (Å²) in [7, 11) is 1.50. The molecule has 0 aliphatic carbocycles. The molecule has 8 heteroatoms. The summed E-state index contributed by atoms with van der Waals surface area (Å²) in [5.74, 6) is -0.996. The van der Waals surface area contributed by atoms with Gasteiger partial charge in [0.1, 0.15) is 5.75 Å². The fraction of sp³-hybridized carbons (Fsp3) is 0.176. The number of benzene rings is 2. The van der Waals surface area contributed by atoms with Crippen molar-refractivity contribution in [1.82, 2.24) is 5.32 Å². The number of carbonyl (C=O) groups excluding carboxylic acids is 2. The molecule has 0 aromatic heterocycles. The van der Waals surface area contributed by atoms with Crippen LogP contribution < -0.4 is 15.4 Å². The third-order valence-corrected chi connectivity index (χ3v) is 3.16. The average Bonchev–Trinajstić information content (AvgIpc) is 2.54. The van der Waals surface area contributed by atoms with Gasteiger partial charge in [0, 0.05) is 18.3 Å². The van der Waals surface area contributed by atoms with E-state index in [1.54, 1.807) is 18.2 Å². The Kier molecular flexibility index (Phi) is 5.63. The lowest BCUT2D eigenvalue weighted by atomic mass is 10.1. The zero-order valence-electron chi connectivity index (χ0n) is 13.2. The van der Waals surface area contributed by atoms with Crippen molar-refractivity contribution < 1.29 is 27.5 Å². The summed E-state index contributed by atoms with van der Waals surface area (Å²) in [5.41, 5.74) is 1.37. The van der Waals surface area contributed by atoms with Crippen LogP contribution in [0.15, 0.2) is 48.5 Å². The van der Waals surface area contributed by atoms with Crippen molar-refractivity contribution in [1.29, 1.82) is 0 Å². The van der Waals surface area contributed by atoms with Crippen LogP contribution >= 0.6 is 0 Å². The van der Waals surface area contributed by atoms with Crippen molar-refractivity contribution in [3.8, 4) is 5.75 Å². The van der Waals surface area contributed by atoms with Gasteiger partial charge in [-0.1, -0.05) is 18.2 Å². The lowest BCUT2D eigenvalue weighted by Gasteiger charge is -2.10. The molecule has 0 radical (unpaired) electrons. The van der Waals surface area contributed by atoms with E-state index < -0.39 is 6.36 Å². The van der Waals surface area contributed by atoms with Crippen LogP contribution in [0.1, 0.15) is 15.9 Å². The van der Waals surface area contributed by atoms with Gasteiger partial charge in [0.15, 0.2) is 0 Å². The topological polar surface area (TPSA) is 67.4 Å². The van der Waals surface area contributed by atoms with Gasteiger partial charge >= 0.3 is 6.36 Å². The summed E-state index contributed by atoms with van der Waals surface area (Å²) in [6, 6.07) is 11.4. The van der Waals surface area contributed by atoms with Crippen molar-refractivity contribution in [2.24, 2.45) is 0 Å². The zero-order chi connectivity index (χ0) is 18.4. The molecule has 0 aliphatic heterocycles. The van der Waals surface area contributed by atoms with Crippen LogP contribution in [0, 0.1) is 0 Å². The van der Waals surface area contributed by atoms with Crippen molar-refractivity contribution in [3.63, 3.8) is 0 Å². The Balaban J connectivity index is 1.97. The van der Waals surface area contributed by atoms with Gasteiger partial charge in [-0.15, -0.1) is 13.2 Å². The van der Waals surface area contributed by atoms with E-state index in [0.717, 1.165) is 12.1 Å². The summed E-state index contributed by atoms with van der Waals surface area (Å²) in [6.07, 6.45) is -4.79. The Morgan fingerprint density at radius 3 is 2.36 bits per heavy atom. The molecule has 2 amide bonds. The van der Waals surface area contributed by atoms with Crippen LogP contribution in [0.4, 0.5) is 18.9 Å². The molecule has 0 atom stereocenters. The van der Waals surface area contributed by atoms with E-state index in [4.69, 9.17) is 0 Å². The molecule has 5 nitrogen and oxygen atoms in total. The maximum Gasteiger partial charge on any atom is 0.573 e. The van der Waals surface area contributed by atoms with Crippen molar-refractivity contribution >= 4 is 17.5 Å². The van der Waals surface area contributed by atoms with Gasteiger partial charge in [-0.3, -0.25) is 9.59 Å². The number of nitrogens with one attached hydrogen (secondary N) is 2. The van der Waals surface area contributed by atoms with Crippen molar-refractivity contribution in [2.75, 3.05) is 12.4 Å². The molecular weight excluding hydrogens is 337 g/mol. The minimum atomic E-state index is -4.76. The Bertz CT molecular complexity index is 758. The normalized spacial score (nSPS) is 10.9. The fourth-order valence-electron chi connectivity index (χ4n) is 2.08. The van der Waals surface area contributed by atoms with E-state index in [9.17, 15) is 22.8 Å². The molecule has 0 bridgehead atoms. The van der Waals surface area contributed by atoms with Gasteiger partial charge in [0.25, 0.3) is 5.91 Å². The van der Waals surface area contributed by atoms with Gasteiger partial charge in [-0.25, -0.2) is 0 Å². The highest BCUT2D eigenvalue weighted by atomic mass is 19.4. The summed E-state index contributed by atoms with van der Waals surface area (Å²) < 4.78 is 40.0. The van der Waals surface area contributed by atoms with Crippen LogP contribution in [-0.4, -0.2) is 25.2 Å². The predicted molar refractivity (Wildman–Crippen MR) is 85.3 cm³/mol. The SMILES string of the molecule is CNC(=O)c1cccc(NC(=O)Cc2ccc(OC(F)(F)F)cc2)c1. The number of ether oxygens (including phenoxy) is 1. The predicted octanol–water partition coefficient (Wildman–Crippen LogP) is 3.13. The van der Waals surface area contributed by atoms with Crippen LogP contribution in [0.25, 0.3) is 0 Å². The summed E-state index contributed by atoms with van der Waals surface area (Å²) in [4.78, 5) is 23.6. The maximum atomic E-state index is 12.1. The number of halogens is 3. The Morgan fingerprint density at radius 1 is 1.08 bits per heavy atom. The summed E-state index contributed by atoms with van der Waals surface area (Å²) in [5, 5.41) is 5.11. The Hall–Kier alpha value is -3.03. The lowest BCUT2D eigenvalue weighted by molar-refractivity contribution is -0.274. The van der Waals surface area contributed by atoms with Gasteiger partial charge in [0.05, 0.1) is 6.42 Å². The molecule has 0 aliphatic rings. The first-order chi connectivity index (χ1) is 11.8. The molecule has 132 valence electrons. The van der Waals surface area contributed by atoms with Gasteiger partial charge in [-0.2, -0.15) is 0 Å². The number of alkyl halides is 3. The first-order valence-electron chi connectivity index (χ1n) is 7.23. The highest BCUT2D eigenvalue weighted by Gasteiger charge is 2.30. The molecule has 2 aromatic rings. The summed E-state index contributed by atoms with van der Waals surface area (Å²) in [6.45, 7) is 0. The standard InChI is InChI=1S/C17H15F3N2O3/c1-21-16(24)12-3-2-4-13(10-12)22-15(23)9-11-5-7-14(8-6-11)25-17(18,19)20/h2-8,10H,9H2,1H3,(H,21,24)(H,22,23). The minimum absolute atomic E-state index is 0.0313. The molecule has 2 aromatic carbocycles. The molecule has 0 heterocycles. The first-order valence-corrected chi connectivity index (χ1v) is 7.23. The number of anilines is 1. The minimum Gasteiger partial charge on any atom is -0.406 e. The highest BCUT2D eigenvalue weighted by Crippen LogP contribution is 2.23. The average molecular weight is 352 g/mol. The number of hydrogen-bond acceptors (Lipinski definition) is 3. The quantitative estimate of drug-likeness (QED) is 0.869. The summed E-state index contributed by atoms with van der Waals surface area (Å²) >= 11 is 0. The number of amides is 2.